The summed E-state index contributed by atoms with van der Waals surface area (Å²) < 4.78 is 33.8. The predicted molar refractivity (Wildman–Crippen MR) is 114 cm³/mol. The minimum absolute atomic E-state index is 0.0555. The van der Waals surface area contributed by atoms with Crippen molar-refractivity contribution >= 4 is 27.6 Å². The van der Waals surface area contributed by atoms with Crippen molar-refractivity contribution in [1.82, 2.24) is 14.8 Å². The number of benzene rings is 1. The number of nitrogens with one attached hydrogen (secondary N) is 1. The zero-order valence-electron chi connectivity index (χ0n) is 18.0. The molecule has 5 rings (SSSR count). The molecule has 1 N–H and O–H groups in total. The lowest BCUT2D eigenvalue weighted by Gasteiger charge is -2.38. The molecule has 1 atom stereocenters. The third kappa shape index (κ3) is 3.25. The van der Waals surface area contributed by atoms with Crippen molar-refractivity contribution in [2.45, 2.75) is 63.6 Å². The molecule has 164 valence electrons. The van der Waals surface area contributed by atoms with Crippen LogP contribution in [0.1, 0.15) is 54.1 Å². The van der Waals surface area contributed by atoms with E-state index in [1.165, 1.54) is 6.07 Å². The van der Waals surface area contributed by atoms with E-state index >= 15 is 0 Å². The molecule has 1 aromatic carbocycles. The van der Waals surface area contributed by atoms with Gasteiger partial charge in [-0.15, -0.1) is 0 Å². The average Bonchev–Trinajstić information content (AvgIpc) is 3.17. The van der Waals surface area contributed by atoms with Gasteiger partial charge >= 0.3 is 0 Å². The van der Waals surface area contributed by atoms with E-state index in [9.17, 15) is 13.2 Å². The number of anilines is 1. The second kappa shape index (κ2) is 6.64. The number of rotatable bonds is 5. The Balaban J connectivity index is 1.57. The first kappa shape index (κ1) is 20.2. The standard InChI is InChI=1S/C21H25N5O4S/c1-12-10-22-20-25(11-17-13(2)23-30-14(17)3)19(27)16-9-15(5-6-18(16)26(12)20)31(28,29)24-21(4)7-8-21/h5-6,9,12,24H,7-8,10-11H2,1-4H3/t12-/m1/s1. The lowest BCUT2D eigenvalue weighted by molar-refractivity contribution is 0.0832. The number of hydrogen-bond donors (Lipinski definition) is 1. The number of sulfonamides is 1. The highest BCUT2D eigenvalue weighted by Gasteiger charge is 2.43. The fourth-order valence-corrected chi connectivity index (χ4v) is 5.62. The van der Waals surface area contributed by atoms with E-state index in [4.69, 9.17) is 4.52 Å². The number of fused-ring (bicyclic) bond motifs is 3. The van der Waals surface area contributed by atoms with Crippen molar-refractivity contribution < 1.29 is 17.7 Å². The van der Waals surface area contributed by atoms with Gasteiger partial charge in [0.2, 0.25) is 16.0 Å². The van der Waals surface area contributed by atoms with E-state index in [2.05, 4.69) is 14.9 Å². The number of carbonyl (C=O) groups excluding carboxylic acids is 1. The van der Waals surface area contributed by atoms with Crippen LogP contribution in [0.5, 0.6) is 0 Å². The maximum absolute atomic E-state index is 13.5. The fraction of sp³-hybridized carbons (Fsp3) is 0.476. The van der Waals surface area contributed by atoms with Crippen LogP contribution in [0, 0.1) is 13.8 Å². The normalized spacial score (nSPS) is 21.7. The molecular weight excluding hydrogens is 418 g/mol. The molecule has 0 radical (unpaired) electrons. The molecule has 3 aliphatic rings. The Labute approximate surface area is 181 Å². The first-order valence-electron chi connectivity index (χ1n) is 10.3. The van der Waals surface area contributed by atoms with Gasteiger partial charge in [0.25, 0.3) is 5.91 Å². The molecule has 1 saturated carbocycles. The maximum Gasteiger partial charge on any atom is 0.263 e. The Kier molecular flexibility index (Phi) is 4.32. The molecule has 31 heavy (non-hydrogen) atoms. The van der Waals surface area contributed by atoms with E-state index < -0.39 is 15.6 Å². The number of carbonyl (C=O) groups is 1. The summed E-state index contributed by atoms with van der Waals surface area (Å²) in [4.78, 5) is 21.8. The Morgan fingerprint density at radius 2 is 2.03 bits per heavy atom. The number of aliphatic imine (C=N–C) groups is 1. The molecule has 1 aliphatic carbocycles. The molecule has 9 nitrogen and oxygen atoms in total. The Morgan fingerprint density at radius 1 is 1.29 bits per heavy atom. The third-order valence-electron chi connectivity index (χ3n) is 6.29. The molecule has 2 aliphatic heterocycles. The lowest BCUT2D eigenvalue weighted by atomic mass is 10.1. The van der Waals surface area contributed by atoms with Gasteiger partial charge in [0.05, 0.1) is 41.0 Å². The van der Waals surface area contributed by atoms with Crippen LogP contribution < -0.4 is 9.62 Å². The van der Waals surface area contributed by atoms with E-state index in [-0.39, 0.29) is 23.4 Å². The Hall–Kier alpha value is -2.72. The van der Waals surface area contributed by atoms with Crippen LogP contribution in [-0.2, 0) is 16.6 Å². The molecule has 2 aromatic rings. The van der Waals surface area contributed by atoms with Gasteiger partial charge in [0, 0.05) is 11.1 Å². The van der Waals surface area contributed by atoms with Crippen LogP contribution in [0.25, 0.3) is 0 Å². The van der Waals surface area contributed by atoms with Gasteiger partial charge in [-0.1, -0.05) is 5.16 Å². The molecule has 0 spiro atoms. The molecule has 10 heteroatoms. The summed E-state index contributed by atoms with van der Waals surface area (Å²) >= 11 is 0. The van der Waals surface area contributed by atoms with Crippen LogP contribution in [0.2, 0.25) is 0 Å². The highest BCUT2D eigenvalue weighted by Crippen LogP contribution is 2.38. The summed E-state index contributed by atoms with van der Waals surface area (Å²) in [5.74, 6) is 0.936. The molecule has 1 fully saturated rings. The quantitative estimate of drug-likeness (QED) is 0.760. The lowest BCUT2D eigenvalue weighted by Crippen LogP contribution is -2.52. The average molecular weight is 444 g/mol. The zero-order valence-corrected chi connectivity index (χ0v) is 18.8. The van der Waals surface area contributed by atoms with Crippen molar-refractivity contribution in [3.63, 3.8) is 0 Å². The van der Waals surface area contributed by atoms with Crippen molar-refractivity contribution in [1.29, 1.82) is 0 Å². The van der Waals surface area contributed by atoms with Crippen LogP contribution in [0.15, 0.2) is 32.6 Å². The summed E-state index contributed by atoms with van der Waals surface area (Å²) in [5.41, 5.74) is 2.18. The second-order valence-corrected chi connectivity index (χ2v) is 10.6. The highest BCUT2D eigenvalue weighted by atomic mass is 32.2. The number of amides is 1. The minimum Gasteiger partial charge on any atom is -0.361 e. The SMILES string of the molecule is Cc1noc(C)c1CN1C(=O)c2cc(S(=O)(=O)NC3(C)CC3)ccc2N2C1=NC[C@H]2C. The van der Waals surface area contributed by atoms with Crippen LogP contribution in [0.3, 0.4) is 0 Å². The summed E-state index contributed by atoms with van der Waals surface area (Å²) in [5, 5.41) is 3.98. The van der Waals surface area contributed by atoms with Gasteiger partial charge in [-0.3, -0.25) is 14.7 Å². The second-order valence-electron chi connectivity index (χ2n) is 8.90. The van der Waals surface area contributed by atoms with E-state index in [0.29, 0.717) is 35.2 Å². The van der Waals surface area contributed by atoms with Crippen LogP contribution >= 0.6 is 0 Å². The zero-order chi connectivity index (χ0) is 22.1. The smallest absolute Gasteiger partial charge is 0.263 e. The molecule has 1 aromatic heterocycles. The monoisotopic (exact) mass is 443 g/mol. The number of aromatic nitrogens is 1. The third-order valence-corrected chi connectivity index (χ3v) is 7.92. The van der Waals surface area contributed by atoms with Gasteiger partial charge in [0.1, 0.15) is 5.76 Å². The Morgan fingerprint density at radius 3 is 2.68 bits per heavy atom. The number of aryl methyl sites for hydroxylation is 2. The van der Waals surface area contributed by atoms with E-state index in [1.54, 1.807) is 17.0 Å². The van der Waals surface area contributed by atoms with Crippen LogP contribution in [0.4, 0.5) is 5.69 Å². The van der Waals surface area contributed by atoms with Crippen molar-refractivity contribution in [2.75, 3.05) is 11.4 Å². The van der Waals surface area contributed by atoms with Crippen molar-refractivity contribution in [2.24, 2.45) is 4.99 Å². The summed E-state index contributed by atoms with van der Waals surface area (Å²) in [6, 6.07) is 4.81. The molecule has 3 heterocycles. The highest BCUT2D eigenvalue weighted by molar-refractivity contribution is 7.89. The number of nitrogens with zero attached hydrogens (tertiary/aromatic N) is 4. The fourth-order valence-electron chi connectivity index (χ4n) is 4.13. The van der Waals surface area contributed by atoms with Crippen molar-refractivity contribution in [3.05, 3.63) is 40.8 Å². The topological polar surface area (TPSA) is 108 Å². The van der Waals surface area contributed by atoms with E-state index in [1.807, 2.05) is 32.6 Å². The summed E-state index contributed by atoms with van der Waals surface area (Å²) in [6.45, 7) is 8.37. The van der Waals surface area contributed by atoms with Gasteiger partial charge in [0.15, 0.2) is 0 Å². The summed E-state index contributed by atoms with van der Waals surface area (Å²) in [7, 11) is -3.72. The largest absolute Gasteiger partial charge is 0.361 e. The molecule has 0 unspecified atom stereocenters. The number of hydrogen-bond acceptors (Lipinski definition) is 7. The van der Waals surface area contributed by atoms with Crippen molar-refractivity contribution in [3.8, 4) is 0 Å². The molecule has 1 amide bonds. The van der Waals surface area contributed by atoms with E-state index in [0.717, 1.165) is 18.4 Å². The van der Waals surface area contributed by atoms with Gasteiger partial charge in [-0.2, -0.15) is 0 Å². The number of guanidine groups is 1. The first-order valence-corrected chi connectivity index (χ1v) is 11.8. The predicted octanol–water partition coefficient (Wildman–Crippen LogP) is 2.34. The Bertz CT molecular complexity index is 1210. The molecule has 0 saturated heterocycles. The van der Waals surface area contributed by atoms with Gasteiger partial charge in [-0.25, -0.2) is 13.1 Å². The van der Waals surface area contributed by atoms with Gasteiger partial charge in [-0.05, 0) is 58.7 Å². The van der Waals surface area contributed by atoms with Gasteiger partial charge < -0.3 is 9.42 Å². The van der Waals surface area contributed by atoms with Crippen LogP contribution in [-0.4, -0.2) is 48.5 Å². The maximum atomic E-state index is 13.5. The minimum atomic E-state index is -3.72. The first-order chi connectivity index (χ1) is 14.6. The molecular formula is C21H25N5O4S. The molecule has 0 bridgehead atoms. The summed E-state index contributed by atoms with van der Waals surface area (Å²) in [6.07, 6.45) is 1.62.